The Kier molecular flexibility index (Phi) is 7.28. The zero-order chi connectivity index (χ0) is 27.7. The van der Waals surface area contributed by atoms with Crippen molar-refractivity contribution >= 4 is 73.8 Å². The lowest BCUT2D eigenvalue weighted by Gasteiger charge is -2.49. The van der Waals surface area contributed by atoms with Gasteiger partial charge in [0.25, 0.3) is 11.8 Å². The number of nitrogens with two attached hydrogens (primary N) is 1. The van der Waals surface area contributed by atoms with Crippen LogP contribution in [0.1, 0.15) is 5.69 Å². The van der Waals surface area contributed by atoms with Gasteiger partial charge in [0, 0.05) is 22.1 Å². The van der Waals surface area contributed by atoms with Crippen molar-refractivity contribution in [3.8, 4) is 0 Å². The number of rotatable bonds is 9. The fraction of sp³-hybridized carbons (Fsp3) is 0.227. The van der Waals surface area contributed by atoms with Crippen molar-refractivity contribution in [3.05, 3.63) is 57.8 Å². The van der Waals surface area contributed by atoms with Gasteiger partial charge in [-0.2, -0.15) is 13.3 Å². The van der Waals surface area contributed by atoms with Crippen LogP contribution in [0.3, 0.4) is 0 Å². The number of carboxylic acid groups (broad SMARTS) is 1. The molecule has 2 amide bonds. The number of anilines is 1. The molecule has 3 aromatic heterocycles. The van der Waals surface area contributed by atoms with E-state index in [2.05, 4.69) is 25.3 Å². The first kappa shape index (κ1) is 26.6. The number of fused-ring (bicyclic) bond motifs is 2. The van der Waals surface area contributed by atoms with E-state index < -0.39 is 41.7 Å². The lowest BCUT2D eigenvalue weighted by molar-refractivity contribution is -0.685. The Morgan fingerprint density at radius 3 is 2.97 bits per heavy atom. The maximum atomic E-state index is 13.9. The molecule has 2 aliphatic rings. The third kappa shape index (κ3) is 5.45. The maximum Gasteiger partial charge on any atom is 0.464 e. The minimum Gasteiger partial charge on any atom is -0.477 e. The van der Waals surface area contributed by atoms with Gasteiger partial charge in [-0.25, -0.2) is 14.8 Å². The molecule has 12 nitrogen and oxygen atoms in total. The summed E-state index contributed by atoms with van der Waals surface area (Å²) in [5.74, 6) is -2.59. The standard InChI is InChI=1S/C22H17F2N7O5S3/c23-22(24,15-9-38-21(25)28-15)36-27-6-16(32)29-17-12-8-37-14(18(20(34)35)31(12)19(17)33)2-1-4-30-5-3-13-11(7-30)26-10-39-13/h1-3,5-7,9-10,12,17H,4,8H2,(H3-,25,28,29,32,34,35)/p+1/b2-1+,27-6?. The molecule has 1 fully saturated rings. The topological polar surface area (TPSA) is 164 Å². The number of thioether (sulfide) groups is 1. The fourth-order valence-corrected chi connectivity index (χ4v) is 6.32. The van der Waals surface area contributed by atoms with Crippen LogP contribution in [-0.4, -0.2) is 61.8 Å². The molecule has 4 N–H and O–H groups in total. The SMILES string of the molecule is Nc1nc(C(F)(F)ON=CC(=O)NC2C(=O)N3C(C(=O)O)=C(/C=C/C[n+]4ccc5scnc5c4)SCC23)cs1. The van der Waals surface area contributed by atoms with E-state index in [0.717, 1.165) is 31.8 Å². The number of β-lactam (4-membered cyclic amide) rings is 1. The molecular weight excluding hydrogens is 576 g/mol. The Bertz CT molecular complexity index is 1550. The Morgan fingerprint density at radius 1 is 1.41 bits per heavy atom. The Morgan fingerprint density at radius 2 is 2.23 bits per heavy atom. The van der Waals surface area contributed by atoms with E-state index in [1.54, 1.807) is 17.7 Å². The molecule has 5 heterocycles. The molecule has 39 heavy (non-hydrogen) atoms. The summed E-state index contributed by atoms with van der Waals surface area (Å²) in [7, 11) is 0. The number of alkyl halides is 2. The summed E-state index contributed by atoms with van der Waals surface area (Å²) in [4.78, 5) is 50.2. The molecule has 0 aromatic carbocycles. The predicted octanol–water partition coefficient (Wildman–Crippen LogP) is 1.67. The van der Waals surface area contributed by atoms with Gasteiger partial charge in [0.1, 0.15) is 23.5 Å². The number of thiazole rings is 2. The van der Waals surface area contributed by atoms with E-state index in [0.29, 0.717) is 23.4 Å². The van der Waals surface area contributed by atoms with Crippen molar-refractivity contribution < 1.29 is 37.7 Å². The van der Waals surface area contributed by atoms with Crippen molar-refractivity contribution in [2.24, 2.45) is 5.16 Å². The number of nitrogen functional groups attached to an aromatic ring is 1. The number of carbonyl (C=O) groups is 3. The highest BCUT2D eigenvalue weighted by Gasteiger charge is 2.53. The number of nitrogens with one attached hydrogen (secondary N) is 1. The number of oxime groups is 1. The van der Waals surface area contributed by atoms with Gasteiger partial charge in [-0.3, -0.25) is 14.5 Å². The van der Waals surface area contributed by atoms with Gasteiger partial charge in [0.2, 0.25) is 0 Å². The Balaban J connectivity index is 1.21. The number of carboxylic acids is 1. The summed E-state index contributed by atoms with van der Waals surface area (Å²) in [5, 5.41) is 16.0. The van der Waals surface area contributed by atoms with E-state index >= 15 is 0 Å². The number of hydrogen-bond acceptors (Lipinski definition) is 11. The summed E-state index contributed by atoms with van der Waals surface area (Å²) in [5.41, 5.74) is 6.98. The summed E-state index contributed by atoms with van der Waals surface area (Å²) < 4.78 is 30.8. The van der Waals surface area contributed by atoms with Crippen LogP contribution in [0, 0.1) is 0 Å². The number of halogens is 2. The Hall–Kier alpha value is -3.96. The second-order valence-corrected chi connectivity index (χ2v) is 11.0. The number of hydrogen-bond donors (Lipinski definition) is 3. The quantitative estimate of drug-likeness (QED) is 0.145. The third-order valence-corrected chi connectivity index (χ3v) is 8.31. The van der Waals surface area contributed by atoms with Crippen molar-refractivity contribution in [3.63, 3.8) is 0 Å². The summed E-state index contributed by atoms with van der Waals surface area (Å²) in [6.07, 6.45) is 3.73. The molecule has 2 aliphatic heterocycles. The average molecular weight is 595 g/mol. The molecule has 5 rings (SSSR count). The largest absolute Gasteiger partial charge is 0.477 e. The van der Waals surface area contributed by atoms with Crippen LogP contribution < -0.4 is 15.6 Å². The zero-order valence-electron chi connectivity index (χ0n) is 19.6. The number of amides is 2. The van der Waals surface area contributed by atoms with E-state index in [9.17, 15) is 28.3 Å². The second kappa shape index (κ2) is 10.7. The average Bonchev–Trinajstić information content (AvgIpc) is 3.55. The van der Waals surface area contributed by atoms with Crippen LogP contribution in [0.2, 0.25) is 0 Å². The van der Waals surface area contributed by atoms with E-state index in [4.69, 9.17) is 5.73 Å². The molecule has 0 bridgehead atoms. The van der Waals surface area contributed by atoms with Crippen LogP contribution in [0.4, 0.5) is 13.9 Å². The molecule has 0 radical (unpaired) electrons. The highest BCUT2D eigenvalue weighted by atomic mass is 32.2. The van der Waals surface area contributed by atoms with Crippen molar-refractivity contribution in [1.82, 2.24) is 20.2 Å². The molecule has 2 unspecified atom stereocenters. The highest BCUT2D eigenvalue weighted by molar-refractivity contribution is 8.03. The molecule has 17 heteroatoms. The molecule has 3 aromatic rings. The van der Waals surface area contributed by atoms with Gasteiger partial charge < -0.3 is 21.0 Å². The lowest BCUT2D eigenvalue weighted by atomic mass is 9.94. The van der Waals surface area contributed by atoms with Crippen LogP contribution in [0.5, 0.6) is 0 Å². The maximum absolute atomic E-state index is 13.9. The fourth-order valence-electron chi connectivity index (χ4n) is 3.89. The molecule has 2 atom stereocenters. The van der Waals surface area contributed by atoms with Gasteiger partial charge in [-0.1, -0.05) is 5.16 Å². The van der Waals surface area contributed by atoms with Crippen LogP contribution in [0.25, 0.3) is 10.2 Å². The lowest BCUT2D eigenvalue weighted by Crippen LogP contribution is -2.72. The highest BCUT2D eigenvalue weighted by Crippen LogP contribution is 2.39. The molecule has 1 saturated heterocycles. The van der Waals surface area contributed by atoms with Gasteiger partial charge >= 0.3 is 12.1 Å². The van der Waals surface area contributed by atoms with Crippen molar-refractivity contribution in [1.29, 1.82) is 0 Å². The number of carbonyl (C=O) groups excluding carboxylic acids is 2. The van der Waals surface area contributed by atoms with Gasteiger partial charge in [-0.05, 0) is 12.2 Å². The second-order valence-electron chi connectivity index (χ2n) is 8.15. The first-order valence-electron chi connectivity index (χ1n) is 11.1. The minimum atomic E-state index is -3.91. The van der Waals surface area contributed by atoms with Crippen LogP contribution in [0.15, 0.2) is 57.3 Å². The third-order valence-electron chi connectivity index (χ3n) is 5.68. The smallest absolute Gasteiger partial charge is 0.464 e. The monoisotopic (exact) mass is 594 g/mol. The van der Waals surface area contributed by atoms with Gasteiger partial charge in [0.05, 0.1) is 16.3 Å². The zero-order valence-corrected chi connectivity index (χ0v) is 22.0. The van der Waals surface area contributed by atoms with E-state index in [-0.39, 0.29) is 10.8 Å². The summed E-state index contributed by atoms with van der Waals surface area (Å²) in [6.45, 7) is 0.455. The summed E-state index contributed by atoms with van der Waals surface area (Å²) in [6, 6.07) is 0.260. The number of pyridine rings is 1. The van der Waals surface area contributed by atoms with Gasteiger partial charge in [0.15, 0.2) is 29.8 Å². The molecule has 202 valence electrons. The molecular formula is C22H18F2N7O5S3+. The minimum absolute atomic E-state index is 0.0887. The molecule has 0 aliphatic carbocycles. The van der Waals surface area contributed by atoms with Gasteiger partial charge in [-0.15, -0.1) is 34.4 Å². The molecule has 0 spiro atoms. The normalized spacial score (nSPS) is 19.5. The summed E-state index contributed by atoms with van der Waals surface area (Å²) >= 11 is 3.54. The first-order valence-corrected chi connectivity index (χ1v) is 13.8. The van der Waals surface area contributed by atoms with E-state index in [1.165, 1.54) is 23.1 Å². The first-order chi connectivity index (χ1) is 18.6. The number of nitrogens with zero attached hydrogens (tertiary/aromatic N) is 5. The van der Waals surface area contributed by atoms with Crippen LogP contribution in [-0.2, 0) is 31.9 Å². The van der Waals surface area contributed by atoms with Crippen LogP contribution >= 0.6 is 34.4 Å². The van der Waals surface area contributed by atoms with E-state index in [1.807, 2.05) is 23.0 Å². The number of allylic oxidation sites excluding steroid dienone is 2. The Labute approximate surface area is 230 Å². The number of aromatic nitrogens is 3. The predicted molar refractivity (Wildman–Crippen MR) is 139 cm³/mol. The van der Waals surface area contributed by atoms with Crippen molar-refractivity contribution in [2.75, 3.05) is 11.5 Å². The van der Waals surface area contributed by atoms with Crippen molar-refractivity contribution in [2.45, 2.75) is 24.7 Å². The molecule has 0 saturated carbocycles. The number of aliphatic carboxylic acids is 1.